The van der Waals surface area contributed by atoms with Crippen molar-refractivity contribution >= 4 is 11.6 Å². The topological polar surface area (TPSA) is 38.8 Å². The highest BCUT2D eigenvalue weighted by atomic mass is 19.3. The molecule has 3 rings (SSSR count). The first kappa shape index (κ1) is 17.2. The van der Waals surface area contributed by atoms with Gasteiger partial charge in [-0.25, -0.2) is 0 Å². The minimum Gasteiger partial charge on any atom is -0.495 e. The van der Waals surface area contributed by atoms with E-state index >= 15 is 0 Å². The molecule has 0 aliphatic carbocycles. The van der Waals surface area contributed by atoms with Gasteiger partial charge in [-0.15, -0.1) is 0 Å². The van der Waals surface area contributed by atoms with Crippen molar-refractivity contribution in [3.8, 4) is 11.5 Å². The molecule has 0 fully saturated rings. The van der Waals surface area contributed by atoms with Gasteiger partial charge in [0.15, 0.2) is 0 Å². The van der Waals surface area contributed by atoms with Crippen molar-refractivity contribution in [2.45, 2.75) is 26.4 Å². The molecular formula is C19H19F2NO3. The molecule has 0 saturated heterocycles. The van der Waals surface area contributed by atoms with Crippen LogP contribution in [0.4, 0.5) is 14.5 Å². The molecular weight excluding hydrogens is 328 g/mol. The summed E-state index contributed by atoms with van der Waals surface area (Å²) in [5.41, 5.74) is 2.95. The number of rotatable bonds is 4. The smallest absolute Gasteiger partial charge is 0.387 e. The fourth-order valence-electron chi connectivity index (χ4n) is 3.21. The summed E-state index contributed by atoms with van der Waals surface area (Å²) in [7, 11) is 1.55. The summed E-state index contributed by atoms with van der Waals surface area (Å²) in [6.07, 6.45) is 1.64. The predicted molar refractivity (Wildman–Crippen MR) is 90.8 cm³/mol. The number of nitrogens with zero attached hydrogens (tertiary/aromatic N) is 1. The van der Waals surface area contributed by atoms with Crippen molar-refractivity contribution in [3.05, 3.63) is 53.1 Å². The normalized spacial score (nSPS) is 13.6. The quantitative estimate of drug-likeness (QED) is 0.832. The maximum Gasteiger partial charge on any atom is 0.387 e. The second-order valence-electron chi connectivity index (χ2n) is 5.85. The number of hydrogen-bond acceptors (Lipinski definition) is 3. The summed E-state index contributed by atoms with van der Waals surface area (Å²) in [5, 5.41) is 0. The number of alkyl halides is 2. The van der Waals surface area contributed by atoms with Crippen LogP contribution in [0.25, 0.3) is 0 Å². The number of ether oxygens (including phenoxy) is 2. The van der Waals surface area contributed by atoms with Crippen LogP contribution < -0.4 is 14.4 Å². The molecule has 0 N–H and O–H groups in total. The lowest BCUT2D eigenvalue weighted by Crippen LogP contribution is -2.36. The van der Waals surface area contributed by atoms with Crippen molar-refractivity contribution < 1.29 is 23.0 Å². The third-order valence-corrected chi connectivity index (χ3v) is 4.36. The van der Waals surface area contributed by atoms with Crippen LogP contribution >= 0.6 is 0 Å². The molecule has 0 atom stereocenters. The van der Waals surface area contributed by atoms with E-state index in [4.69, 9.17) is 4.74 Å². The Morgan fingerprint density at radius 1 is 1.16 bits per heavy atom. The lowest BCUT2D eigenvalue weighted by Gasteiger charge is -2.32. The first-order chi connectivity index (χ1) is 12.0. The first-order valence-electron chi connectivity index (χ1n) is 8.05. The lowest BCUT2D eigenvalue weighted by molar-refractivity contribution is -0.0501. The molecule has 1 heterocycles. The minimum absolute atomic E-state index is 0.110. The Kier molecular flexibility index (Phi) is 4.88. The second kappa shape index (κ2) is 7.09. The van der Waals surface area contributed by atoms with Crippen LogP contribution in [-0.4, -0.2) is 26.2 Å². The molecule has 0 radical (unpaired) electrons. The van der Waals surface area contributed by atoms with E-state index in [0.717, 1.165) is 24.0 Å². The zero-order chi connectivity index (χ0) is 18.0. The van der Waals surface area contributed by atoms with Crippen molar-refractivity contribution in [3.63, 3.8) is 0 Å². The van der Waals surface area contributed by atoms with Crippen LogP contribution in [0.5, 0.6) is 11.5 Å². The lowest BCUT2D eigenvalue weighted by atomic mass is 9.95. The Bertz CT molecular complexity index is 792. The van der Waals surface area contributed by atoms with E-state index in [-0.39, 0.29) is 17.2 Å². The molecule has 1 amide bonds. The number of halogens is 2. The van der Waals surface area contributed by atoms with E-state index < -0.39 is 6.61 Å². The van der Waals surface area contributed by atoms with Gasteiger partial charge in [0.1, 0.15) is 11.5 Å². The standard InChI is InChI=1S/C19H19F2NO3/c1-12-9-10-16(24-2)17-13(12)7-5-11-22(17)18(23)14-6-3-4-8-15(14)25-19(20)21/h3-4,6,8-10,19H,5,7,11H2,1-2H3. The fourth-order valence-corrected chi connectivity index (χ4v) is 3.21. The van der Waals surface area contributed by atoms with Gasteiger partial charge in [-0.1, -0.05) is 18.2 Å². The highest BCUT2D eigenvalue weighted by molar-refractivity contribution is 6.09. The van der Waals surface area contributed by atoms with Crippen LogP contribution in [0.2, 0.25) is 0 Å². The van der Waals surface area contributed by atoms with Crippen LogP contribution in [0.1, 0.15) is 27.9 Å². The van der Waals surface area contributed by atoms with Crippen molar-refractivity contribution in [2.75, 3.05) is 18.6 Å². The van der Waals surface area contributed by atoms with Crippen molar-refractivity contribution in [1.82, 2.24) is 0 Å². The maximum atomic E-state index is 13.1. The highest BCUT2D eigenvalue weighted by Gasteiger charge is 2.29. The van der Waals surface area contributed by atoms with Gasteiger partial charge in [0.2, 0.25) is 0 Å². The molecule has 0 unspecified atom stereocenters. The second-order valence-corrected chi connectivity index (χ2v) is 5.85. The maximum absolute atomic E-state index is 13.1. The predicted octanol–water partition coefficient (Wildman–Crippen LogP) is 4.20. The number of benzene rings is 2. The molecule has 25 heavy (non-hydrogen) atoms. The summed E-state index contributed by atoms with van der Waals surface area (Å²) in [5.74, 6) is 0.100. The van der Waals surface area contributed by atoms with Crippen LogP contribution in [0.15, 0.2) is 36.4 Å². The number of carbonyl (C=O) groups is 1. The van der Waals surface area contributed by atoms with Gasteiger partial charge in [-0.3, -0.25) is 4.79 Å². The van der Waals surface area contributed by atoms with Crippen molar-refractivity contribution in [1.29, 1.82) is 0 Å². The summed E-state index contributed by atoms with van der Waals surface area (Å²) in [6, 6.07) is 9.84. The molecule has 0 saturated carbocycles. The van der Waals surface area contributed by atoms with Gasteiger partial charge < -0.3 is 14.4 Å². The van der Waals surface area contributed by atoms with Crippen LogP contribution in [-0.2, 0) is 6.42 Å². The monoisotopic (exact) mass is 347 g/mol. The number of fused-ring (bicyclic) bond motifs is 1. The van der Waals surface area contributed by atoms with E-state index in [1.165, 1.54) is 12.1 Å². The van der Waals surface area contributed by atoms with E-state index in [1.807, 2.05) is 19.1 Å². The zero-order valence-corrected chi connectivity index (χ0v) is 14.1. The van der Waals surface area contributed by atoms with Gasteiger partial charge in [0.05, 0.1) is 18.4 Å². The SMILES string of the molecule is COc1ccc(C)c2c1N(C(=O)c1ccccc1OC(F)F)CCC2. The van der Waals surface area contributed by atoms with Gasteiger partial charge in [-0.2, -0.15) is 8.78 Å². The average molecular weight is 347 g/mol. The number of amides is 1. The number of carbonyl (C=O) groups excluding carboxylic acids is 1. The summed E-state index contributed by atoms with van der Waals surface area (Å²) in [6.45, 7) is -0.506. The Morgan fingerprint density at radius 3 is 2.64 bits per heavy atom. The molecule has 0 spiro atoms. The van der Waals surface area contributed by atoms with Crippen LogP contribution in [0.3, 0.4) is 0 Å². The summed E-state index contributed by atoms with van der Waals surface area (Å²) < 4.78 is 35.2. The molecule has 0 aromatic heterocycles. The average Bonchev–Trinajstić information content (AvgIpc) is 2.61. The number of para-hydroxylation sites is 1. The van der Waals surface area contributed by atoms with Gasteiger partial charge >= 0.3 is 6.61 Å². The Morgan fingerprint density at radius 2 is 1.92 bits per heavy atom. The Balaban J connectivity index is 2.06. The number of methoxy groups -OCH3 is 1. The zero-order valence-electron chi connectivity index (χ0n) is 14.1. The molecule has 0 bridgehead atoms. The van der Waals surface area contributed by atoms with Gasteiger partial charge in [0.25, 0.3) is 5.91 Å². The van der Waals surface area contributed by atoms with Crippen LogP contribution in [0, 0.1) is 6.92 Å². The fraction of sp³-hybridized carbons (Fsp3) is 0.316. The number of hydrogen-bond donors (Lipinski definition) is 0. The van der Waals surface area contributed by atoms with E-state index in [0.29, 0.717) is 18.0 Å². The third-order valence-electron chi connectivity index (χ3n) is 4.36. The molecule has 1 aliphatic rings. The summed E-state index contributed by atoms with van der Waals surface area (Å²) >= 11 is 0. The van der Waals surface area contributed by atoms with E-state index in [9.17, 15) is 13.6 Å². The van der Waals surface area contributed by atoms with Gasteiger partial charge in [0, 0.05) is 6.54 Å². The van der Waals surface area contributed by atoms with Crippen molar-refractivity contribution in [2.24, 2.45) is 0 Å². The number of anilines is 1. The van der Waals surface area contributed by atoms with E-state index in [1.54, 1.807) is 24.1 Å². The number of aryl methyl sites for hydroxylation is 1. The van der Waals surface area contributed by atoms with E-state index in [2.05, 4.69) is 4.74 Å². The first-order valence-corrected chi connectivity index (χ1v) is 8.05. The Labute approximate surface area is 145 Å². The van der Waals surface area contributed by atoms with Gasteiger partial charge in [-0.05, 0) is 49.1 Å². The third kappa shape index (κ3) is 3.29. The molecule has 4 nitrogen and oxygen atoms in total. The minimum atomic E-state index is -2.99. The highest BCUT2D eigenvalue weighted by Crippen LogP contribution is 2.39. The molecule has 132 valence electrons. The Hall–Kier alpha value is -2.63. The molecule has 2 aromatic rings. The summed E-state index contributed by atoms with van der Waals surface area (Å²) in [4.78, 5) is 14.7. The molecule has 6 heteroatoms. The largest absolute Gasteiger partial charge is 0.495 e. The molecule has 2 aromatic carbocycles. The molecule has 1 aliphatic heterocycles.